The van der Waals surface area contributed by atoms with Gasteiger partial charge in [0, 0.05) is 25.1 Å². The Morgan fingerprint density at radius 2 is 2.15 bits per heavy atom. The Morgan fingerprint density at radius 1 is 1.35 bits per heavy atom. The van der Waals surface area contributed by atoms with Gasteiger partial charge in [-0.25, -0.2) is 4.98 Å². The number of likely N-dealkylation sites (tertiary alicyclic amines) is 1. The molecular weight excluding hydrogens is 328 g/mol. The molecule has 1 N–H and O–H groups in total. The van der Waals surface area contributed by atoms with E-state index in [0.29, 0.717) is 25.4 Å². The van der Waals surface area contributed by atoms with Crippen LogP contribution in [0.25, 0.3) is 0 Å². The molecule has 6 nitrogen and oxygen atoms in total. The van der Waals surface area contributed by atoms with Gasteiger partial charge in [0.1, 0.15) is 5.82 Å². The first-order valence-electron chi connectivity index (χ1n) is 10.1. The van der Waals surface area contributed by atoms with Crippen LogP contribution in [0.2, 0.25) is 0 Å². The van der Waals surface area contributed by atoms with Crippen molar-refractivity contribution in [3.8, 4) is 0 Å². The van der Waals surface area contributed by atoms with E-state index in [-0.39, 0.29) is 16.9 Å². The molecule has 1 saturated heterocycles. The minimum atomic E-state index is -0.316. The van der Waals surface area contributed by atoms with Crippen molar-refractivity contribution in [1.82, 2.24) is 19.8 Å². The fourth-order valence-electron chi connectivity index (χ4n) is 4.53. The lowest BCUT2D eigenvalue weighted by Gasteiger charge is -2.42. The summed E-state index contributed by atoms with van der Waals surface area (Å²) in [7, 11) is 0. The van der Waals surface area contributed by atoms with Crippen LogP contribution in [-0.2, 0) is 24.2 Å². The first kappa shape index (κ1) is 17.7. The molecule has 2 aliphatic heterocycles. The Hall–Kier alpha value is -1.69. The monoisotopic (exact) mass is 358 g/mol. The van der Waals surface area contributed by atoms with Gasteiger partial charge >= 0.3 is 0 Å². The highest BCUT2D eigenvalue weighted by Crippen LogP contribution is 2.34. The normalized spacial score (nSPS) is 26.6. The molecule has 1 aromatic heterocycles. The molecule has 3 aliphatic rings. The van der Waals surface area contributed by atoms with Gasteiger partial charge in [0.05, 0.1) is 17.7 Å². The molecule has 26 heavy (non-hydrogen) atoms. The van der Waals surface area contributed by atoms with Gasteiger partial charge in [0.25, 0.3) is 5.56 Å². The lowest BCUT2D eigenvalue weighted by Crippen LogP contribution is -2.52. The molecule has 3 heterocycles. The van der Waals surface area contributed by atoms with Gasteiger partial charge in [0.15, 0.2) is 0 Å². The quantitative estimate of drug-likeness (QED) is 0.890. The highest BCUT2D eigenvalue weighted by atomic mass is 16.2. The molecule has 4 rings (SSSR count). The molecule has 1 aliphatic carbocycles. The summed E-state index contributed by atoms with van der Waals surface area (Å²) < 4.78 is 0. The van der Waals surface area contributed by atoms with E-state index in [2.05, 4.69) is 23.7 Å². The van der Waals surface area contributed by atoms with Crippen molar-refractivity contribution in [3.05, 3.63) is 27.4 Å². The molecule has 1 unspecified atom stereocenters. The summed E-state index contributed by atoms with van der Waals surface area (Å²) in [6.07, 6.45) is 5.96. The third-order valence-electron chi connectivity index (χ3n) is 6.33. The van der Waals surface area contributed by atoms with Gasteiger partial charge in [-0.15, -0.1) is 0 Å². The molecule has 2 fully saturated rings. The predicted octanol–water partition coefficient (Wildman–Crippen LogP) is 1.73. The number of nitrogens with zero attached hydrogens (tertiary/aromatic N) is 3. The van der Waals surface area contributed by atoms with Crippen molar-refractivity contribution in [3.63, 3.8) is 0 Å². The van der Waals surface area contributed by atoms with Crippen LogP contribution in [0.4, 0.5) is 0 Å². The summed E-state index contributed by atoms with van der Waals surface area (Å²) in [6.45, 7) is 8.29. The molecular formula is C20H30N4O2. The number of fused-ring (bicyclic) bond motifs is 1. The summed E-state index contributed by atoms with van der Waals surface area (Å²) in [5, 5.41) is 0. The Balaban J connectivity index is 1.52. The van der Waals surface area contributed by atoms with Crippen LogP contribution in [0.1, 0.15) is 56.6 Å². The lowest BCUT2D eigenvalue weighted by atomic mass is 9.80. The number of piperidine rings is 1. The van der Waals surface area contributed by atoms with Crippen molar-refractivity contribution < 1.29 is 4.79 Å². The summed E-state index contributed by atoms with van der Waals surface area (Å²) in [4.78, 5) is 37.7. The molecule has 1 amide bonds. The first-order valence-corrected chi connectivity index (χ1v) is 10.1. The molecule has 0 radical (unpaired) electrons. The fourth-order valence-corrected chi connectivity index (χ4v) is 4.53. The maximum absolute atomic E-state index is 13.3. The number of aromatic nitrogens is 2. The Morgan fingerprint density at radius 3 is 2.88 bits per heavy atom. The molecule has 0 bridgehead atoms. The maximum Gasteiger partial charge on any atom is 0.254 e. The summed E-state index contributed by atoms with van der Waals surface area (Å²) >= 11 is 0. The number of hydrogen-bond acceptors (Lipinski definition) is 4. The van der Waals surface area contributed by atoms with Crippen molar-refractivity contribution in [2.75, 3.05) is 26.2 Å². The number of nitrogens with one attached hydrogen (secondary N) is 1. The average Bonchev–Trinajstić information content (AvgIpc) is 3.44. The van der Waals surface area contributed by atoms with E-state index in [1.54, 1.807) is 0 Å². The number of carbonyl (C=O) groups excluding carboxylic acids is 1. The fraction of sp³-hybridized carbons (Fsp3) is 0.750. The summed E-state index contributed by atoms with van der Waals surface area (Å²) in [6, 6.07) is 0. The van der Waals surface area contributed by atoms with Crippen LogP contribution in [0.3, 0.4) is 0 Å². The van der Waals surface area contributed by atoms with E-state index < -0.39 is 0 Å². The number of amides is 1. The Bertz CT molecular complexity index is 755. The second kappa shape index (κ2) is 6.80. The van der Waals surface area contributed by atoms with E-state index in [1.807, 2.05) is 4.90 Å². The predicted molar refractivity (Wildman–Crippen MR) is 99.9 cm³/mol. The molecule has 1 aromatic rings. The third-order valence-corrected chi connectivity index (χ3v) is 6.33. The van der Waals surface area contributed by atoms with Crippen molar-refractivity contribution in [2.45, 2.75) is 58.9 Å². The van der Waals surface area contributed by atoms with Crippen LogP contribution < -0.4 is 5.56 Å². The maximum atomic E-state index is 13.3. The van der Waals surface area contributed by atoms with Crippen LogP contribution in [0.5, 0.6) is 0 Å². The molecule has 1 saturated carbocycles. The topological polar surface area (TPSA) is 69.3 Å². The lowest BCUT2D eigenvalue weighted by molar-refractivity contribution is -0.145. The van der Waals surface area contributed by atoms with Crippen LogP contribution in [0, 0.1) is 11.3 Å². The smallest absolute Gasteiger partial charge is 0.254 e. The van der Waals surface area contributed by atoms with Crippen LogP contribution in [0.15, 0.2) is 4.79 Å². The van der Waals surface area contributed by atoms with Crippen molar-refractivity contribution in [2.24, 2.45) is 11.3 Å². The first-order chi connectivity index (χ1) is 12.5. The number of carbonyl (C=O) groups is 1. The zero-order chi connectivity index (χ0) is 18.3. The Labute approximate surface area is 155 Å². The highest BCUT2D eigenvalue weighted by Gasteiger charge is 2.41. The van der Waals surface area contributed by atoms with Gasteiger partial charge in [-0.3, -0.25) is 9.59 Å². The zero-order valence-corrected chi connectivity index (χ0v) is 16.0. The minimum absolute atomic E-state index is 0.00112. The van der Waals surface area contributed by atoms with E-state index >= 15 is 0 Å². The van der Waals surface area contributed by atoms with Gasteiger partial charge in [-0.05, 0) is 58.0 Å². The molecule has 0 aromatic carbocycles. The van der Waals surface area contributed by atoms with Crippen molar-refractivity contribution in [1.29, 1.82) is 0 Å². The number of rotatable bonds is 4. The third kappa shape index (κ3) is 3.43. The molecule has 1 atom stereocenters. The standard InChI is InChI=1S/C20H30N4O2/c1-3-23-9-4-8-20(2,13-23)19(26)24-10-7-15-16(12-24)21-17(22-18(15)25)11-14-5-6-14/h14H,3-13H2,1-2H3,(H,21,22,25). The van der Waals surface area contributed by atoms with Gasteiger partial charge in [-0.1, -0.05) is 6.92 Å². The molecule has 0 spiro atoms. The van der Waals surface area contributed by atoms with E-state index in [1.165, 1.54) is 12.8 Å². The van der Waals surface area contributed by atoms with E-state index in [0.717, 1.165) is 56.0 Å². The van der Waals surface area contributed by atoms with E-state index in [9.17, 15) is 9.59 Å². The van der Waals surface area contributed by atoms with Gasteiger partial charge < -0.3 is 14.8 Å². The molecule has 6 heteroatoms. The largest absolute Gasteiger partial charge is 0.336 e. The van der Waals surface area contributed by atoms with E-state index in [4.69, 9.17) is 4.98 Å². The van der Waals surface area contributed by atoms with Gasteiger partial charge in [-0.2, -0.15) is 0 Å². The minimum Gasteiger partial charge on any atom is -0.336 e. The van der Waals surface area contributed by atoms with Crippen LogP contribution in [-0.4, -0.2) is 51.9 Å². The number of H-pyrrole nitrogens is 1. The summed E-state index contributed by atoms with van der Waals surface area (Å²) in [5.74, 6) is 1.71. The Kier molecular flexibility index (Phi) is 4.63. The van der Waals surface area contributed by atoms with Crippen LogP contribution >= 0.6 is 0 Å². The number of hydrogen-bond donors (Lipinski definition) is 1. The highest BCUT2D eigenvalue weighted by molar-refractivity contribution is 5.83. The van der Waals surface area contributed by atoms with Gasteiger partial charge in [0.2, 0.25) is 5.91 Å². The number of aromatic amines is 1. The average molecular weight is 358 g/mol. The summed E-state index contributed by atoms with van der Waals surface area (Å²) in [5.41, 5.74) is 1.27. The van der Waals surface area contributed by atoms with Crippen molar-refractivity contribution >= 4 is 5.91 Å². The molecule has 142 valence electrons. The zero-order valence-electron chi connectivity index (χ0n) is 16.0. The second-order valence-electron chi connectivity index (χ2n) is 8.60. The second-order valence-corrected chi connectivity index (χ2v) is 8.60. The SMILES string of the molecule is CCN1CCCC(C)(C(=O)N2CCc3c(nc(CC4CC4)[nH]c3=O)C2)C1.